The van der Waals surface area contributed by atoms with Crippen LogP contribution in [0.1, 0.15) is 15.2 Å². The Hall–Kier alpha value is -1.35. The molecular formula is C12H15NOS. The van der Waals surface area contributed by atoms with Crippen LogP contribution < -0.4 is 0 Å². The van der Waals surface area contributed by atoms with Gasteiger partial charge in [-0.05, 0) is 23.9 Å². The van der Waals surface area contributed by atoms with Crippen LogP contribution in [0.2, 0.25) is 0 Å². The summed E-state index contributed by atoms with van der Waals surface area (Å²) in [7, 11) is 0. The van der Waals surface area contributed by atoms with Crippen LogP contribution in [0.25, 0.3) is 0 Å². The Morgan fingerprint density at radius 3 is 2.47 bits per heavy atom. The lowest BCUT2D eigenvalue weighted by Gasteiger charge is -2.18. The average molecular weight is 221 g/mol. The lowest BCUT2D eigenvalue weighted by Crippen LogP contribution is -2.31. The topological polar surface area (TPSA) is 20.3 Å². The van der Waals surface area contributed by atoms with Crippen LogP contribution in [0, 0.1) is 6.92 Å². The molecule has 0 aliphatic rings. The molecule has 0 bridgehead atoms. The molecule has 2 nitrogen and oxygen atoms in total. The maximum atomic E-state index is 12.0. The van der Waals surface area contributed by atoms with Crippen molar-refractivity contribution >= 4 is 17.2 Å². The molecule has 1 heterocycles. The molecule has 80 valence electrons. The standard InChI is InChI=1S/C12H15NOS/c1-4-7-13(8-5-2)12(14)11-10(3)6-9-15-11/h4-6,9H,1-2,7-8H2,3H3. The quantitative estimate of drug-likeness (QED) is 0.700. The summed E-state index contributed by atoms with van der Waals surface area (Å²) in [6.45, 7) is 10.4. The Kier molecular flexibility index (Phi) is 4.31. The number of thiophene rings is 1. The SMILES string of the molecule is C=CCN(CC=C)C(=O)c1sccc1C. The molecule has 0 atom stereocenters. The van der Waals surface area contributed by atoms with Gasteiger partial charge >= 0.3 is 0 Å². The first-order chi connectivity index (χ1) is 7.20. The zero-order valence-corrected chi connectivity index (χ0v) is 9.72. The van der Waals surface area contributed by atoms with E-state index in [4.69, 9.17) is 0 Å². The van der Waals surface area contributed by atoms with Crippen LogP contribution in [0.4, 0.5) is 0 Å². The van der Waals surface area contributed by atoms with E-state index >= 15 is 0 Å². The Labute approximate surface area is 94.5 Å². The minimum atomic E-state index is 0.0577. The Balaban J connectivity index is 2.84. The molecule has 0 radical (unpaired) electrons. The van der Waals surface area contributed by atoms with Gasteiger partial charge in [-0.2, -0.15) is 0 Å². The molecule has 0 aromatic carbocycles. The molecule has 15 heavy (non-hydrogen) atoms. The molecule has 0 saturated heterocycles. The summed E-state index contributed by atoms with van der Waals surface area (Å²) in [5, 5.41) is 1.93. The molecule has 0 saturated carbocycles. The number of aryl methyl sites for hydroxylation is 1. The van der Waals surface area contributed by atoms with Gasteiger partial charge in [-0.1, -0.05) is 12.2 Å². The summed E-state index contributed by atoms with van der Waals surface area (Å²) < 4.78 is 0. The zero-order valence-electron chi connectivity index (χ0n) is 8.90. The fourth-order valence-corrected chi connectivity index (χ4v) is 2.18. The highest BCUT2D eigenvalue weighted by atomic mass is 32.1. The second kappa shape index (κ2) is 5.51. The van der Waals surface area contributed by atoms with E-state index in [1.807, 2.05) is 18.4 Å². The molecule has 0 spiro atoms. The molecule has 0 N–H and O–H groups in total. The highest BCUT2D eigenvalue weighted by molar-refractivity contribution is 7.12. The van der Waals surface area contributed by atoms with Crippen molar-refractivity contribution in [1.82, 2.24) is 4.90 Å². The normalized spacial score (nSPS) is 9.67. The van der Waals surface area contributed by atoms with Crippen molar-refractivity contribution in [2.24, 2.45) is 0 Å². The van der Waals surface area contributed by atoms with Gasteiger partial charge in [0.15, 0.2) is 0 Å². The van der Waals surface area contributed by atoms with Crippen molar-refractivity contribution in [3.05, 3.63) is 47.2 Å². The third-order valence-corrected chi connectivity index (χ3v) is 3.05. The van der Waals surface area contributed by atoms with E-state index in [2.05, 4.69) is 13.2 Å². The van der Waals surface area contributed by atoms with Crippen LogP contribution in [-0.2, 0) is 0 Å². The van der Waals surface area contributed by atoms with Crippen molar-refractivity contribution in [2.45, 2.75) is 6.92 Å². The van der Waals surface area contributed by atoms with E-state index in [0.717, 1.165) is 10.4 Å². The molecular weight excluding hydrogens is 206 g/mol. The van der Waals surface area contributed by atoms with Gasteiger partial charge in [-0.3, -0.25) is 4.79 Å². The van der Waals surface area contributed by atoms with E-state index in [1.165, 1.54) is 11.3 Å². The van der Waals surface area contributed by atoms with Crippen LogP contribution >= 0.6 is 11.3 Å². The Morgan fingerprint density at radius 1 is 1.47 bits per heavy atom. The molecule has 1 aromatic rings. The molecule has 1 rings (SSSR count). The predicted octanol–water partition coefficient (Wildman–Crippen LogP) is 2.87. The lowest BCUT2D eigenvalue weighted by molar-refractivity contribution is 0.0795. The first kappa shape index (κ1) is 11.7. The van der Waals surface area contributed by atoms with Crippen molar-refractivity contribution in [2.75, 3.05) is 13.1 Å². The summed E-state index contributed by atoms with van der Waals surface area (Å²) in [4.78, 5) is 14.6. The number of hydrogen-bond donors (Lipinski definition) is 0. The summed E-state index contributed by atoms with van der Waals surface area (Å²) in [5.74, 6) is 0.0577. The third-order valence-electron chi connectivity index (χ3n) is 2.04. The molecule has 0 unspecified atom stereocenters. The van der Waals surface area contributed by atoms with Crippen LogP contribution in [0.5, 0.6) is 0 Å². The minimum Gasteiger partial charge on any atom is -0.331 e. The summed E-state index contributed by atoms with van der Waals surface area (Å²) in [6.07, 6.45) is 3.45. The molecule has 1 amide bonds. The van der Waals surface area contributed by atoms with E-state index in [9.17, 15) is 4.79 Å². The van der Waals surface area contributed by atoms with Gasteiger partial charge in [0, 0.05) is 13.1 Å². The molecule has 0 fully saturated rings. The van der Waals surface area contributed by atoms with Gasteiger partial charge in [0.1, 0.15) is 0 Å². The summed E-state index contributed by atoms with van der Waals surface area (Å²) in [5.41, 5.74) is 1.03. The van der Waals surface area contributed by atoms with Gasteiger partial charge in [0.25, 0.3) is 5.91 Å². The number of carbonyl (C=O) groups excluding carboxylic acids is 1. The molecule has 0 aliphatic carbocycles. The number of rotatable bonds is 5. The van der Waals surface area contributed by atoms with E-state index in [1.54, 1.807) is 17.1 Å². The number of amides is 1. The van der Waals surface area contributed by atoms with Crippen molar-refractivity contribution < 1.29 is 4.79 Å². The van der Waals surface area contributed by atoms with Gasteiger partial charge in [-0.25, -0.2) is 0 Å². The number of carbonyl (C=O) groups is 1. The average Bonchev–Trinajstić information content (AvgIpc) is 2.63. The highest BCUT2D eigenvalue weighted by Crippen LogP contribution is 2.17. The van der Waals surface area contributed by atoms with Crippen molar-refractivity contribution in [3.63, 3.8) is 0 Å². The van der Waals surface area contributed by atoms with Crippen LogP contribution in [-0.4, -0.2) is 23.9 Å². The second-order valence-electron chi connectivity index (χ2n) is 3.22. The lowest BCUT2D eigenvalue weighted by atomic mass is 10.2. The third kappa shape index (κ3) is 2.80. The first-order valence-electron chi connectivity index (χ1n) is 4.76. The van der Waals surface area contributed by atoms with E-state index in [0.29, 0.717) is 13.1 Å². The first-order valence-corrected chi connectivity index (χ1v) is 5.63. The monoisotopic (exact) mass is 221 g/mol. The van der Waals surface area contributed by atoms with E-state index in [-0.39, 0.29) is 5.91 Å². The van der Waals surface area contributed by atoms with E-state index < -0.39 is 0 Å². The highest BCUT2D eigenvalue weighted by Gasteiger charge is 2.16. The molecule has 0 aliphatic heterocycles. The maximum absolute atomic E-state index is 12.0. The van der Waals surface area contributed by atoms with Gasteiger partial charge in [0.2, 0.25) is 0 Å². The molecule has 3 heteroatoms. The smallest absolute Gasteiger partial charge is 0.264 e. The van der Waals surface area contributed by atoms with Crippen molar-refractivity contribution in [3.8, 4) is 0 Å². The fourth-order valence-electron chi connectivity index (χ4n) is 1.29. The van der Waals surface area contributed by atoms with Crippen molar-refractivity contribution in [1.29, 1.82) is 0 Å². The zero-order chi connectivity index (χ0) is 11.3. The number of nitrogens with zero attached hydrogens (tertiary/aromatic N) is 1. The van der Waals surface area contributed by atoms with Gasteiger partial charge in [0.05, 0.1) is 4.88 Å². The Bertz CT molecular complexity index is 357. The van der Waals surface area contributed by atoms with Crippen LogP contribution in [0.3, 0.4) is 0 Å². The van der Waals surface area contributed by atoms with Gasteiger partial charge < -0.3 is 4.90 Å². The van der Waals surface area contributed by atoms with Gasteiger partial charge in [-0.15, -0.1) is 24.5 Å². The molecule has 1 aromatic heterocycles. The minimum absolute atomic E-state index is 0.0577. The Morgan fingerprint density at radius 2 is 2.07 bits per heavy atom. The largest absolute Gasteiger partial charge is 0.331 e. The summed E-state index contributed by atoms with van der Waals surface area (Å²) >= 11 is 1.48. The maximum Gasteiger partial charge on any atom is 0.264 e. The second-order valence-corrected chi connectivity index (χ2v) is 4.14. The summed E-state index contributed by atoms with van der Waals surface area (Å²) in [6, 6.07) is 1.96. The van der Waals surface area contributed by atoms with Crippen LogP contribution in [0.15, 0.2) is 36.8 Å². The number of hydrogen-bond acceptors (Lipinski definition) is 2. The fraction of sp³-hybridized carbons (Fsp3) is 0.250. The predicted molar refractivity (Wildman–Crippen MR) is 65.4 cm³/mol.